The first-order valence-corrected chi connectivity index (χ1v) is 6.42. The fraction of sp³-hybridized carbons (Fsp3) is 0.231. The Kier molecular flexibility index (Phi) is 3.90. The Hall–Kier alpha value is -1.82. The van der Waals surface area contributed by atoms with Gasteiger partial charge in [0.2, 0.25) is 0 Å². The molecule has 0 aliphatic rings. The summed E-state index contributed by atoms with van der Waals surface area (Å²) in [5.74, 6) is -0.479. The largest absolute Gasteiger partial charge is 0.487 e. The van der Waals surface area contributed by atoms with Gasteiger partial charge in [0, 0.05) is 11.5 Å². The lowest BCUT2D eigenvalue weighted by molar-refractivity contribution is 0.0695. The first-order chi connectivity index (χ1) is 8.97. The summed E-state index contributed by atoms with van der Waals surface area (Å²) in [6, 6.07) is 6.81. The number of ether oxygens (including phenoxy) is 1. The highest BCUT2D eigenvalue weighted by atomic mass is 79.9. The molecule has 0 atom stereocenters. The van der Waals surface area contributed by atoms with Gasteiger partial charge < -0.3 is 9.84 Å². The molecule has 1 aromatic heterocycles. The van der Waals surface area contributed by atoms with Crippen LogP contribution < -0.4 is 4.74 Å². The highest BCUT2D eigenvalue weighted by molar-refractivity contribution is 9.10. The van der Waals surface area contributed by atoms with E-state index in [9.17, 15) is 4.79 Å². The van der Waals surface area contributed by atoms with Gasteiger partial charge in [-0.3, -0.25) is 4.68 Å². The van der Waals surface area contributed by atoms with Crippen molar-refractivity contribution in [3.8, 4) is 5.75 Å². The number of nitrogens with zero attached hydrogens (tertiary/aromatic N) is 2. The third-order valence-electron chi connectivity index (χ3n) is 2.65. The summed E-state index contributed by atoms with van der Waals surface area (Å²) in [5.41, 5.74) is 2.03. The summed E-state index contributed by atoms with van der Waals surface area (Å²) in [5, 5.41) is 13.2. The average molecular weight is 325 g/mol. The number of carbonyl (C=O) groups is 1. The molecule has 0 bridgehead atoms. The predicted molar refractivity (Wildman–Crippen MR) is 73.4 cm³/mol. The molecule has 1 heterocycles. The Morgan fingerprint density at radius 1 is 1.47 bits per heavy atom. The minimum absolute atomic E-state index is 0.179. The average Bonchev–Trinajstić information content (AvgIpc) is 2.66. The van der Waals surface area contributed by atoms with Crippen LogP contribution in [-0.2, 0) is 13.7 Å². The molecule has 2 rings (SSSR count). The van der Waals surface area contributed by atoms with Crippen molar-refractivity contribution in [3.05, 3.63) is 45.7 Å². The van der Waals surface area contributed by atoms with E-state index in [1.165, 1.54) is 6.07 Å². The highest BCUT2D eigenvalue weighted by Crippen LogP contribution is 2.23. The lowest BCUT2D eigenvalue weighted by Crippen LogP contribution is -2.04. The molecule has 0 spiro atoms. The van der Waals surface area contributed by atoms with Crippen molar-refractivity contribution < 1.29 is 14.6 Å². The van der Waals surface area contributed by atoms with Gasteiger partial charge in [0.25, 0.3) is 0 Å². The molecule has 100 valence electrons. The number of hydrogen-bond donors (Lipinski definition) is 1. The maximum Gasteiger partial charge on any atom is 0.336 e. The Morgan fingerprint density at radius 3 is 2.79 bits per heavy atom. The Morgan fingerprint density at radius 2 is 2.21 bits per heavy atom. The summed E-state index contributed by atoms with van der Waals surface area (Å²) < 4.78 is 7.86. The number of halogens is 1. The summed E-state index contributed by atoms with van der Waals surface area (Å²) >= 11 is 3.19. The zero-order valence-corrected chi connectivity index (χ0v) is 12.1. The van der Waals surface area contributed by atoms with E-state index in [2.05, 4.69) is 21.0 Å². The number of aryl methyl sites for hydroxylation is 2. The summed E-state index contributed by atoms with van der Waals surface area (Å²) in [4.78, 5) is 11.0. The van der Waals surface area contributed by atoms with Gasteiger partial charge in [0.05, 0.1) is 17.0 Å². The van der Waals surface area contributed by atoms with Crippen LogP contribution in [0.1, 0.15) is 21.7 Å². The van der Waals surface area contributed by atoms with Crippen molar-refractivity contribution in [3.63, 3.8) is 0 Å². The molecule has 19 heavy (non-hydrogen) atoms. The molecule has 0 radical (unpaired) electrons. The maximum atomic E-state index is 11.0. The quantitative estimate of drug-likeness (QED) is 0.939. The Labute approximate surface area is 118 Å². The van der Waals surface area contributed by atoms with Crippen molar-refractivity contribution in [1.82, 2.24) is 9.78 Å². The summed E-state index contributed by atoms with van der Waals surface area (Å²) in [6.07, 6.45) is 0. The van der Waals surface area contributed by atoms with Gasteiger partial charge in [-0.25, -0.2) is 4.79 Å². The van der Waals surface area contributed by atoms with E-state index in [-0.39, 0.29) is 5.56 Å². The number of aromatic carboxylic acids is 1. The second kappa shape index (κ2) is 5.44. The van der Waals surface area contributed by atoms with Crippen molar-refractivity contribution in [1.29, 1.82) is 0 Å². The molecule has 0 fully saturated rings. The lowest BCUT2D eigenvalue weighted by Gasteiger charge is -2.08. The van der Waals surface area contributed by atoms with E-state index >= 15 is 0 Å². The molecule has 0 unspecified atom stereocenters. The molecular weight excluding hydrogens is 312 g/mol. The van der Waals surface area contributed by atoms with E-state index in [4.69, 9.17) is 9.84 Å². The van der Waals surface area contributed by atoms with Crippen LogP contribution >= 0.6 is 15.9 Å². The van der Waals surface area contributed by atoms with Crippen LogP contribution in [0.4, 0.5) is 0 Å². The Bertz CT molecular complexity index is 622. The number of carboxylic acids is 1. The number of aromatic nitrogens is 2. The molecule has 5 nitrogen and oxygen atoms in total. The van der Waals surface area contributed by atoms with Gasteiger partial charge in [-0.2, -0.15) is 5.10 Å². The van der Waals surface area contributed by atoms with Crippen LogP contribution in [0.15, 0.2) is 28.7 Å². The van der Waals surface area contributed by atoms with Gasteiger partial charge in [0.15, 0.2) is 0 Å². The molecule has 1 aromatic carbocycles. The van der Waals surface area contributed by atoms with Gasteiger partial charge in [-0.1, -0.05) is 0 Å². The SMILES string of the molecule is Cc1cc(COc2ccc(Br)c(C(=O)O)c2)n(C)n1. The van der Waals surface area contributed by atoms with Crippen LogP contribution in [0.5, 0.6) is 5.75 Å². The van der Waals surface area contributed by atoms with Crippen molar-refractivity contribution >= 4 is 21.9 Å². The van der Waals surface area contributed by atoms with E-state index in [0.29, 0.717) is 16.8 Å². The lowest BCUT2D eigenvalue weighted by atomic mass is 10.2. The van der Waals surface area contributed by atoms with Gasteiger partial charge in [-0.05, 0) is 47.1 Å². The van der Waals surface area contributed by atoms with Crippen LogP contribution in [0, 0.1) is 6.92 Å². The van der Waals surface area contributed by atoms with Gasteiger partial charge in [-0.15, -0.1) is 0 Å². The maximum absolute atomic E-state index is 11.0. The van der Waals surface area contributed by atoms with E-state index in [1.807, 2.05) is 20.0 Å². The van der Waals surface area contributed by atoms with Crippen LogP contribution in [-0.4, -0.2) is 20.9 Å². The Balaban J connectivity index is 2.14. The fourth-order valence-corrected chi connectivity index (χ4v) is 2.13. The number of carboxylic acid groups (broad SMARTS) is 1. The molecule has 6 heteroatoms. The van der Waals surface area contributed by atoms with Crippen molar-refractivity contribution in [2.75, 3.05) is 0 Å². The van der Waals surface area contributed by atoms with E-state index in [1.54, 1.807) is 16.8 Å². The van der Waals surface area contributed by atoms with Gasteiger partial charge in [0.1, 0.15) is 12.4 Å². The molecule has 0 aliphatic carbocycles. The first-order valence-electron chi connectivity index (χ1n) is 5.62. The van der Waals surface area contributed by atoms with E-state index in [0.717, 1.165) is 11.4 Å². The number of benzene rings is 1. The third kappa shape index (κ3) is 3.14. The second-order valence-electron chi connectivity index (χ2n) is 4.14. The summed E-state index contributed by atoms with van der Waals surface area (Å²) in [6.45, 7) is 2.25. The van der Waals surface area contributed by atoms with Crippen molar-refractivity contribution in [2.45, 2.75) is 13.5 Å². The number of rotatable bonds is 4. The van der Waals surface area contributed by atoms with Crippen LogP contribution in [0.3, 0.4) is 0 Å². The zero-order valence-electron chi connectivity index (χ0n) is 10.6. The molecule has 0 aliphatic heterocycles. The minimum atomic E-state index is -0.992. The zero-order chi connectivity index (χ0) is 14.0. The van der Waals surface area contributed by atoms with Gasteiger partial charge >= 0.3 is 5.97 Å². The second-order valence-corrected chi connectivity index (χ2v) is 4.99. The molecule has 1 N–H and O–H groups in total. The van der Waals surface area contributed by atoms with Crippen LogP contribution in [0.25, 0.3) is 0 Å². The third-order valence-corrected chi connectivity index (χ3v) is 3.35. The minimum Gasteiger partial charge on any atom is -0.487 e. The normalized spacial score (nSPS) is 10.5. The number of hydrogen-bond acceptors (Lipinski definition) is 3. The predicted octanol–water partition coefficient (Wildman–Crippen LogP) is 2.77. The summed E-state index contributed by atoms with van der Waals surface area (Å²) in [7, 11) is 1.84. The molecule has 0 saturated carbocycles. The smallest absolute Gasteiger partial charge is 0.336 e. The molecular formula is C13H13BrN2O3. The van der Waals surface area contributed by atoms with Crippen molar-refractivity contribution in [2.24, 2.45) is 7.05 Å². The molecule has 0 amide bonds. The van der Waals surface area contributed by atoms with Crippen LogP contribution in [0.2, 0.25) is 0 Å². The topological polar surface area (TPSA) is 64.3 Å². The monoisotopic (exact) mass is 324 g/mol. The fourth-order valence-electron chi connectivity index (χ4n) is 1.71. The molecule has 0 saturated heterocycles. The molecule has 2 aromatic rings. The first kappa shape index (κ1) is 13.6. The standard InChI is InChI=1S/C13H13BrN2O3/c1-8-5-9(16(2)15-8)7-19-10-3-4-12(14)11(6-10)13(17)18/h3-6H,7H2,1-2H3,(H,17,18). The highest BCUT2D eigenvalue weighted by Gasteiger charge is 2.10. The van der Waals surface area contributed by atoms with E-state index < -0.39 is 5.97 Å².